The van der Waals surface area contributed by atoms with Gasteiger partial charge in [-0.15, -0.1) is 0 Å². The molecule has 0 saturated carbocycles. The molecule has 1 aliphatic rings. The van der Waals surface area contributed by atoms with Crippen molar-refractivity contribution in [3.05, 3.63) is 59.9 Å². The van der Waals surface area contributed by atoms with E-state index in [1.165, 1.54) is 17.0 Å². The molecule has 29 heavy (non-hydrogen) atoms. The molecule has 0 atom stereocenters. The van der Waals surface area contributed by atoms with Crippen molar-refractivity contribution in [1.29, 1.82) is 0 Å². The van der Waals surface area contributed by atoms with Crippen molar-refractivity contribution in [3.8, 4) is 0 Å². The van der Waals surface area contributed by atoms with Gasteiger partial charge in [-0.05, 0) is 50.2 Å². The van der Waals surface area contributed by atoms with Crippen LogP contribution < -0.4 is 9.21 Å². The van der Waals surface area contributed by atoms with Crippen molar-refractivity contribution in [2.24, 2.45) is 0 Å². The minimum Gasteiger partial charge on any atom is -0.332 e. The summed E-state index contributed by atoms with van der Waals surface area (Å²) in [6.45, 7) is 7.68. The maximum atomic E-state index is 13.3. The van der Waals surface area contributed by atoms with Crippen molar-refractivity contribution in [2.75, 3.05) is 43.6 Å². The zero-order valence-electron chi connectivity index (χ0n) is 16.8. The zero-order chi connectivity index (χ0) is 21.0. The number of quaternary nitrogens is 1. The second kappa shape index (κ2) is 8.92. The molecule has 0 unspecified atom stereocenters. The van der Waals surface area contributed by atoms with E-state index in [-0.39, 0.29) is 17.3 Å². The molecule has 1 N–H and O–H groups in total. The number of hydrogen-bond donors (Lipinski definition) is 1. The molecular formula is C21H27FN3O3S+. The van der Waals surface area contributed by atoms with Gasteiger partial charge in [0.2, 0.25) is 5.91 Å². The van der Waals surface area contributed by atoms with Crippen LogP contribution in [-0.2, 0) is 14.8 Å². The van der Waals surface area contributed by atoms with E-state index in [0.29, 0.717) is 18.8 Å². The van der Waals surface area contributed by atoms with E-state index in [4.69, 9.17) is 0 Å². The fraction of sp³-hybridized carbons (Fsp3) is 0.381. The highest BCUT2D eigenvalue weighted by Crippen LogP contribution is 2.24. The van der Waals surface area contributed by atoms with Crippen LogP contribution in [0.1, 0.15) is 12.5 Å². The molecule has 3 rings (SSSR count). The summed E-state index contributed by atoms with van der Waals surface area (Å²) in [5, 5.41) is 0. The first kappa shape index (κ1) is 21.3. The van der Waals surface area contributed by atoms with E-state index in [1.54, 1.807) is 29.2 Å². The Morgan fingerprint density at radius 1 is 1.07 bits per heavy atom. The number of hydrogen-bond acceptors (Lipinski definition) is 3. The quantitative estimate of drug-likeness (QED) is 0.761. The van der Waals surface area contributed by atoms with Crippen molar-refractivity contribution >= 4 is 21.6 Å². The number of nitrogens with one attached hydrogen (secondary N) is 1. The van der Waals surface area contributed by atoms with E-state index < -0.39 is 15.8 Å². The number of halogens is 1. The maximum absolute atomic E-state index is 13.3. The average Bonchev–Trinajstić information content (AvgIpc) is 2.73. The molecule has 1 amide bonds. The Morgan fingerprint density at radius 2 is 1.66 bits per heavy atom. The maximum Gasteiger partial charge on any atom is 0.264 e. The highest BCUT2D eigenvalue weighted by molar-refractivity contribution is 7.92. The minimum absolute atomic E-state index is 0.0486. The van der Waals surface area contributed by atoms with Gasteiger partial charge < -0.3 is 9.80 Å². The molecule has 156 valence electrons. The summed E-state index contributed by atoms with van der Waals surface area (Å²) in [6.07, 6.45) is 0. The van der Waals surface area contributed by atoms with Crippen molar-refractivity contribution < 1.29 is 22.5 Å². The van der Waals surface area contributed by atoms with Gasteiger partial charge in [-0.2, -0.15) is 0 Å². The molecule has 0 radical (unpaired) electrons. The lowest BCUT2D eigenvalue weighted by molar-refractivity contribution is -0.902. The predicted octanol–water partition coefficient (Wildman–Crippen LogP) is 1.08. The number of aryl methyl sites for hydroxylation is 1. The SMILES string of the molecule is CC[NH+]1CCN(C(=O)CN(c2ccc(C)cc2)S(=O)(=O)c2ccc(F)cc2)CC1. The van der Waals surface area contributed by atoms with Gasteiger partial charge in [0.05, 0.1) is 43.3 Å². The number of carbonyl (C=O) groups is 1. The molecule has 0 spiro atoms. The van der Waals surface area contributed by atoms with E-state index in [0.717, 1.165) is 41.6 Å². The van der Waals surface area contributed by atoms with E-state index >= 15 is 0 Å². The minimum atomic E-state index is -4.02. The molecule has 2 aromatic carbocycles. The first-order valence-corrected chi connectivity index (χ1v) is 11.2. The Morgan fingerprint density at radius 3 is 2.21 bits per heavy atom. The number of rotatable bonds is 6. The van der Waals surface area contributed by atoms with Gasteiger partial charge in [0.25, 0.3) is 10.0 Å². The third kappa shape index (κ3) is 4.94. The molecule has 0 aliphatic carbocycles. The third-order valence-electron chi connectivity index (χ3n) is 5.33. The summed E-state index contributed by atoms with van der Waals surface area (Å²) in [5.41, 5.74) is 1.39. The second-order valence-electron chi connectivity index (χ2n) is 7.29. The summed E-state index contributed by atoms with van der Waals surface area (Å²) in [7, 11) is -4.02. The van der Waals surface area contributed by atoms with Gasteiger partial charge in [0.1, 0.15) is 12.4 Å². The molecule has 8 heteroatoms. The Bertz CT molecular complexity index is 938. The summed E-state index contributed by atoms with van der Waals surface area (Å²) >= 11 is 0. The van der Waals surface area contributed by atoms with E-state index in [1.807, 2.05) is 6.92 Å². The Kier molecular flexibility index (Phi) is 6.54. The van der Waals surface area contributed by atoms with Gasteiger partial charge in [-0.1, -0.05) is 17.7 Å². The molecule has 6 nitrogen and oxygen atoms in total. The third-order valence-corrected chi connectivity index (χ3v) is 7.11. The number of amides is 1. The first-order valence-electron chi connectivity index (χ1n) is 9.77. The van der Waals surface area contributed by atoms with Crippen LogP contribution in [0.4, 0.5) is 10.1 Å². The Hall–Kier alpha value is -2.45. The van der Waals surface area contributed by atoms with Crippen LogP contribution in [0, 0.1) is 12.7 Å². The van der Waals surface area contributed by atoms with Gasteiger partial charge in [0.15, 0.2) is 0 Å². The van der Waals surface area contributed by atoms with Crippen LogP contribution in [0.5, 0.6) is 0 Å². The molecule has 1 saturated heterocycles. The molecule has 0 aromatic heterocycles. The van der Waals surface area contributed by atoms with Crippen LogP contribution >= 0.6 is 0 Å². The number of carbonyl (C=O) groups excluding carboxylic acids is 1. The predicted molar refractivity (Wildman–Crippen MR) is 110 cm³/mol. The van der Waals surface area contributed by atoms with Crippen LogP contribution in [0.25, 0.3) is 0 Å². The number of piperazine rings is 1. The first-order chi connectivity index (χ1) is 13.8. The largest absolute Gasteiger partial charge is 0.332 e. The lowest BCUT2D eigenvalue weighted by atomic mass is 10.2. The topological polar surface area (TPSA) is 62.1 Å². The smallest absolute Gasteiger partial charge is 0.264 e. The van der Waals surface area contributed by atoms with E-state index in [2.05, 4.69) is 6.92 Å². The van der Waals surface area contributed by atoms with Gasteiger partial charge in [-0.25, -0.2) is 12.8 Å². The number of benzene rings is 2. The second-order valence-corrected chi connectivity index (χ2v) is 9.15. The lowest BCUT2D eigenvalue weighted by Gasteiger charge is -2.33. The summed E-state index contributed by atoms with van der Waals surface area (Å²) in [4.78, 5) is 16.0. The van der Waals surface area contributed by atoms with Crippen molar-refractivity contribution in [1.82, 2.24) is 4.90 Å². The normalized spacial score (nSPS) is 15.3. The van der Waals surface area contributed by atoms with Gasteiger partial charge in [0, 0.05) is 0 Å². The molecule has 0 bridgehead atoms. The van der Waals surface area contributed by atoms with Crippen molar-refractivity contribution in [3.63, 3.8) is 0 Å². The summed E-state index contributed by atoms with van der Waals surface area (Å²) in [6, 6.07) is 11.6. The monoisotopic (exact) mass is 420 g/mol. The zero-order valence-corrected chi connectivity index (χ0v) is 17.6. The lowest BCUT2D eigenvalue weighted by Crippen LogP contribution is -3.14. The standard InChI is InChI=1S/C21H26FN3O3S/c1-3-23-12-14-24(15-13-23)21(26)16-25(19-8-4-17(2)5-9-19)29(27,28)20-10-6-18(22)7-11-20/h4-11H,3,12-16H2,1-2H3/p+1. The Balaban J connectivity index is 1.88. The van der Waals surface area contributed by atoms with Crippen LogP contribution in [0.15, 0.2) is 53.4 Å². The molecule has 1 heterocycles. The van der Waals surface area contributed by atoms with Crippen LogP contribution in [0.2, 0.25) is 0 Å². The summed E-state index contributed by atoms with van der Waals surface area (Å²) in [5.74, 6) is -0.746. The van der Waals surface area contributed by atoms with Gasteiger partial charge in [-0.3, -0.25) is 9.10 Å². The van der Waals surface area contributed by atoms with E-state index in [9.17, 15) is 17.6 Å². The fourth-order valence-corrected chi connectivity index (χ4v) is 4.82. The summed E-state index contributed by atoms with van der Waals surface area (Å²) < 4.78 is 40.9. The number of nitrogens with zero attached hydrogens (tertiary/aromatic N) is 2. The van der Waals surface area contributed by atoms with Crippen LogP contribution in [0.3, 0.4) is 0 Å². The van der Waals surface area contributed by atoms with Crippen LogP contribution in [-0.4, -0.2) is 58.5 Å². The average molecular weight is 421 g/mol. The highest BCUT2D eigenvalue weighted by atomic mass is 32.2. The Labute approximate surface area is 171 Å². The molecule has 1 aliphatic heterocycles. The molecule has 2 aromatic rings. The number of anilines is 1. The van der Waals surface area contributed by atoms with Crippen molar-refractivity contribution in [2.45, 2.75) is 18.7 Å². The number of likely N-dealkylation sites (N-methyl/N-ethyl adjacent to an activating group) is 1. The molecular weight excluding hydrogens is 393 g/mol. The van der Waals surface area contributed by atoms with Gasteiger partial charge >= 0.3 is 0 Å². The fourth-order valence-electron chi connectivity index (χ4n) is 3.41. The molecule has 1 fully saturated rings. The highest BCUT2D eigenvalue weighted by Gasteiger charge is 2.30. The number of sulfonamides is 1.